The third-order valence-corrected chi connectivity index (χ3v) is 4.76. The molecule has 2 rings (SSSR count). The van der Waals surface area contributed by atoms with Gasteiger partial charge in [0.05, 0.1) is 28.4 Å². The second kappa shape index (κ2) is 13.3. The Morgan fingerprint density at radius 1 is 0.771 bits per heavy atom. The average Bonchev–Trinajstić information content (AvgIpc) is 2.87. The minimum Gasteiger partial charge on any atom is -0.493 e. The number of hydrogen-bond donors (Lipinski definition) is 3. The second-order valence-electron chi connectivity index (χ2n) is 7.04. The van der Waals surface area contributed by atoms with Gasteiger partial charge in [-0.15, -0.1) is 0 Å². The molecule has 0 fully saturated rings. The van der Waals surface area contributed by atoms with Crippen molar-refractivity contribution in [2.75, 3.05) is 35.0 Å². The Labute approximate surface area is 203 Å². The molecule has 0 saturated heterocycles. The SMILES string of the molecule is COc1ccc(/C=C/C(=O)NCC(NC(=O)/C=C/c2ccc(OC)c(OC)c2)C(=O)O)cc1OC. The normalized spacial score (nSPS) is 11.7. The summed E-state index contributed by atoms with van der Waals surface area (Å²) >= 11 is 0. The Hall–Kier alpha value is -4.47. The molecule has 2 amide bonds. The number of rotatable bonds is 12. The zero-order valence-corrected chi connectivity index (χ0v) is 19.9. The smallest absolute Gasteiger partial charge is 0.328 e. The maximum Gasteiger partial charge on any atom is 0.328 e. The minimum atomic E-state index is -1.32. The Balaban J connectivity index is 1.94. The number of benzene rings is 2. The zero-order chi connectivity index (χ0) is 25.8. The first-order chi connectivity index (χ1) is 16.8. The molecule has 0 radical (unpaired) electrons. The number of carbonyl (C=O) groups is 3. The van der Waals surface area contributed by atoms with Crippen LogP contribution in [0.2, 0.25) is 0 Å². The van der Waals surface area contributed by atoms with Crippen molar-refractivity contribution in [3.8, 4) is 23.0 Å². The van der Waals surface area contributed by atoms with Crippen LogP contribution >= 0.6 is 0 Å². The highest BCUT2D eigenvalue weighted by atomic mass is 16.5. The molecule has 0 aliphatic carbocycles. The number of nitrogens with one attached hydrogen (secondary N) is 2. The molecule has 10 nitrogen and oxygen atoms in total. The summed E-state index contributed by atoms with van der Waals surface area (Å²) in [6, 6.07) is 8.86. The molecule has 2 aromatic carbocycles. The summed E-state index contributed by atoms with van der Waals surface area (Å²) in [5.74, 6) is -0.372. The van der Waals surface area contributed by atoms with E-state index in [0.717, 1.165) is 0 Å². The van der Waals surface area contributed by atoms with Crippen molar-refractivity contribution in [1.82, 2.24) is 10.6 Å². The van der Waals surface area contributed by atoms with Gasteiger partial charge < -0.3 is 34.7 Å². The van der Waals surface area contributed by atoms with Crippen LogP contribution in [0.5, 0.6) is 23.0 Å². The highest BCUT2D eigenvalue weighted by Gasteiger charge is 2.19. The summed E-state index contributed by atoms with van der Waals surface area (Å²) in [7, 11) is 6.02. The number of amides is 2. The molecule has 10 heteroatoms. The van der Waals surface area contributed by atoms with Crippen LogP contribution in [-0.2, 0) is 14.4 Å². The maximum absolute atomic E-state index is 12.2. The van der Waals surface area contributed by atoms with Crippen LogP contribution in [-0.4, -0.2) is 63.9 Å². The molecule has 186 valence electrons. The summed E-state index contributed by atoms with van der Waals surface area (Å²) in [5.41, 5.74) is 1.33. The van der Waals surface area contributed by atoms with E-state index >= 15 is 0 Å². The van der Waals surface area contributed by atoms with E-state index in [2.05, 4.69) is 10.6 Å². The quantitative estimate of drug-likeness (QED) is 0.391. The molecule has 1 atom stereocenters. The standard InChI is InChI=1S/C25H28N2O8/c1-32-19-9-5-16(13-21(19)34-3)7-11-23(28)26-15-18(25(30)31)27-24(29)12-8-17-6-10-20(33-2)22(14-17)35-4/h5-14,18H,15H2,1-4H3,(H,26,28)(H,27,29)(H,30,31)/b11-7+,12-8+. The largest absolute Gasteiger partial charge is 0.493 e. The Morgan fingerprint density at radius 3 is 1.66 bits per heavy atom. The molecule has 35 heavy (non-hydrogen) atoms. The third-order valence-electron chi connectivity index (χ3n) is 4.76. The topological polar surface area (TPSA) is 132 Å². The Morgan fingerprint density at radius 2 is 1.23 bits per heavy atom. The summed E-state index contributed by atoms with van der Waals surface area (Å²) in [6.07, 6.45) is 5.48. The van der Waals surface area contributed by atoms with Crippen molar-refractivity contribution < 1.29 is 38.4 Å². The molecule has 3 N–H and O–H groups in total. The monoisotopic (exact) mass is 484 g/mol. The maximum atomic E-state index is 12.2. The zero-order valence-electron chi connectivity index (χ0n) is 19.9. The first kappa shape index (κ1) is 26.8. The van der Waals surface area contributed by atoms with Crippen LogP contribution in [0.3, 0.4) is 0 Å². The van der Waals surface area contributed by atoms with E-state index in [1.54, 1.807) is 36.4 Å². The van der Waals surface area contributed by atoms with Gasteiger partial charge in [0.15, 0.2) is 23.0 Å². The van der Waals surface area contributed by atoms with Gasteiger partial charge in [-0.2, -0.15) is 0 Å². The summed E-state index contributed by atoms with van der Waals surface area (Å²) in [5, 5.41) is 14.2. The van der Waals surface area contributed by atoms with Crippen molar-refractivity contribution in [3.05, 3.63) is 59.7 Å². The van der Waals surface area contributed by atoms with Crippen LogP contribution in [0, 0.1) is 0 Å². The molecule has 0 aromatic heterocycles. The van der Waals surface area contributed by atoms with Gasteiger partial charge in [0.1, 0.15) is 6.04 Å². The van der Waals surface area contributed by atoms with Crippen molar-refractivity contribution in [3.63, 3.8) is 0 Å². The molecule has 2 aromatic rings. The van der Waals surface area contributed by atoms with Gasteiger partial charge in [0, 0.05) is 18.7 Å². The molecule has 0 spiro atoms. The molecule has 0 aliphatic rings. The fraction of sp³-hybridized carbons (Fsp3) is 0.240. The van der Waals surface area contributed by atoms with E-state index in [1.807, 2.05) is 0 Å². The molecule has 0 aliphatic heterocycles. The number of aliphatic carboxylic acids is 1. The van der Waals surface area contributed by atoms with E-state index in [0.29, 0.717) is 34.1 Å². The lowest BCUT2D eigenvalue weighted by Crippen LogP contribution is -2.47. The highest BCUT2D eigenvalue weighted by Crippen LogP contribution is 2.28. The number of carboxylic acid groups (broad SMARTS) is 1. The number of hydrogen-bond acceptors (Lipinski definition) is 7. The summed E-state index contributed by atoms with van der Waals surface area (Å²) in [4.78, 5) is 35.9. The first-order valence-corrected chi connectivity index (χ1v) is 10.4. The number of carboxylic acids is 1. The summed E-state index contributed by atoms with van der Waals surface area (Å²) in [6.45, 7) is -0.305. The first-order valence-electron chi connectivity index (χ1n) is 10.4. The molecule has 0 bridgehead atoms. The Kier molecular flexibility index (Phi) is 10.2. The average molecular weight is 485 g/mol. The number of ether oxygens (including phenoxy) is 4. The van der Waals surface area contributed by atoms with Crippen molar-refractivity contribution in [1.29, 1.82) is 0 Å². The molecule has 0 saturated carbocycles. The van der Waals surface area contributed by atoms with E-state index in [-0.39, 0.29) is 6.54 Å². The van der Waals surface area contributed by atoms with Crippen LogP contribution in [0.1, 0.15) is 11.1 Å². The fourth-order valence-corrected chi connectivity index (χ4v) is 2.94. The van der Waals surface area contributed by atoms with Gasteiger partial charge in [-0.25, -0.2) is 4.79 Å². The molecule has 1 unspecified atom stereocenters. The van der Waals surface area contributed by atoms with Crippen molar-refractivity contribution >= 4 is 29.9 Å². The third kappa shape index (κ3) is 8.11. The lowest BCUT2D eigenvalue weighted by molar-refractivity contribution is -0.141. The van der Waals surface area contributed by atoms with Gasteiger partial charge >= 0.3 is 5.97 Å². The van der Waals surface area contributed by atoms with Crippen LogP contribution < -0.4 is 29.6 Å². The van der Waals surface area contributed by atoms with Gasteiger partial charge in [0.25, 0.3) is 0 Å². The van der Waals surface area contributed by atoms with Gasteiger partial charge in [-0.05, 0) is 47.5 Å². The fourth-order valence-electron chi connectivity index (χ4n) is 2.94. The predicted molar refractivity (Wildman–Crippen MR) is 130 cm³/mol. The van der Waals surface area contributed by atoms with E-state index in [1.165, 1.54) is 52.7 Å². The van der Waals surface area contributed by atoms with Crippen molar-refractivity contribution in [2.45, 2.75) is 6.04 Å². The number of carbonyl (C=O) groups excluding carboxylic acids is 2. The van der Waals surface area contributed by atoms with Gasteiger partial charge in [-0.1, -0.05) is 12.1 Å². The van der Waals surface area contributed by atoms with E-state index in [4.69, 9.17) is 18.9 Å². The lowest BCUT2D eigenvalue weighted by Gasteiger charge is -2.13. The highest BCUT2D eigenvalue weighted by molar-refractivity contribution is 5.95. The van der Waals surface area contributed by atoms with E-state index < -0.39 is 23.8 Å². The van der Waals surface area contributed by atoms with Crippen molar-refractivity contribution in [2.24, 2.45) is 0 Å². The minimum absolute atomic E-state index is 0.305. The van der Waals surface area contributed by atoms with Gasteiger partial charge in [0.2, 0.25) is 11.8 Å². The Bertz CT molecular complexity index is 1110. The van der Waals surface area contributed by atoms with E-state index in [9.17, 15) is 19.5 Å². The summed E-state index contributed by atoms with van der Waals surface area (Å²) < 4.78 is 20.7. The molecule has 0 heterocycles. The van der Waals surface area contributed by atoms with Crippen LogP contribution in [0.4, 0.5) is 0 Å². The number of methoxy groups -OCH3 is 4. The predicted octanol–water partition coefficient (Wildman–Crippen LogP) is 2.13. The molecular formula is C25H28N2O8. The molecular weight excluding hydrogens is 456 g/mol. The second-order valence-corrected chi connectivity index (χ2v) is 7.04. The van der Waals surface area contributed by atoms with Crippen LogP contribution in [0.25, 0.3) is 12.2 Å². The lowest BCUT2D eigenvalue weighted by atomic mass is 10.2. The van der Waals surface area contributed by atoms with Gasteiger partial charge in [-0.3, -0.25) is 9.59 Å². The van der Waals surface area contributed by atoms with Crippen LogP contribution in [0.15, 0.2) is 48.6 Å².